The maximum atomic E-state index is 5.96. The number of benzene rings is 1. The van der Waals surface area contributed by atoms with Crippen LogP contribution in [0.3, 0.4) is 0 Å². The van der Waals surface area contributed by atoms with Gasteiger partial charge in [-0.05, 0) is 64.3 Å². The van der Waals surface area contributed by atoms with Gasteiger partial charge in [0.1, 0.15) is 0 Å². The van der Waals surface area contributed by atoms with Crippen LogP contribution < -0.4 is 0 Å². The predicted octanol–water partition coefficient (Wildman–Crippen LogP) is 3.93. The summed E-state index contributed by atoms with van der Waals surface area (Å²) in [7, 11) is -0.252. The normalized spacial score (nSPS) is 25.3. The Kier molecular flexibility index (Phi) is 5.25. The number of hydrogen-bond acceptors (Lipinski definition) is 3. The van der Waals surface area contributed by atoms with Crippen molar-refractivity contribution < 1.29 is 9.31 Å². The van der Waals surface area contributed by atoms with E-state index >= 15 is 0 Å². The van der Waals surface area contributed by atoms with Gasteiger partial charge in [0, 0.05) is 12.6 Å². The lowest BCUT2D eigenvalue weighted by molar-refractivity contribution is -0.0235. The molecule has 3 rings (SSSR count). The van der Waals surface area contributed by atoms with E-state index in [0.717, 1.165) is 13.0 Å². The summed E-state index contributed by atoms with van der Waals surface area (Å²) in [5.74, 6) is 2.02. The minimum absolute atomic E-state index is 0.119. The summed E-state index contributed by atoms with van der Waals surface area (Å²) in [6.07, 6.45) is 5.95. The molecule has 0 amide bonds. The Morgan fingerprint density at radius 3 is 2.57 bits per heavy atom. The highest BCUT2D eigenvalue weighted by Crippen LogP contribution is 2.26. The molecule has 1 aromatic rings. The molecule has 1 atom stereocenters. The molecule has 0 radical (unpaired) electrons. The molecule has 3 nitrogen and oxygen atoms in total. The first-order chi connectivity index (χ1) is 11.0. The molecule has 0 spiro atoms. The van der Waals surface area contributed by atoms with Gasteiger partial charge in [0.25, 0.3) is 0 Å². The van der Waals surface area contributed by atoms with E-state index < -0.39 is 0 Å². The van der Waals surface area contributed by atoms with Gasteiger partial charge in [0.15, 0.2) is 0 Å². The highest BCUT2D eigenvalue weighted by molar-refractivity contribution is 6.52. The molecule has 0 aliphatic carbocycles. The third-order valence-electron chi connectivity index (χ3n) is 4.61. The smallest absolute Gasteiger partial charge is 0.405 e. The molecule has 0 aromatic heterocycles. The van der Waals surface area contributed by atoms with E-state index in [1.54, 1.807) is 0 Å². The topological polar surface area (TPSA) is 21.7 Å². The van der Waals surface area contributed by atoms with Crippen molar-refractivity contribution >= 4 is 13.2 Å². The van der Waals surface area contributed by atoms with Gasteiger partial charge in [-0.15, -0.1) is 0 Å². The van der Waals surface area contributed by atoms with Crippen molar-refractivity contribution in [3.8, 4) is 0 Å². The van der Waals surface area contributed by atoms with Crippen LogP contribution in [0.15, 0.2) is 30.2 Å². The maximum absolute atomic E-state index is 5.96. The van der Waals surface area contributed by atoms with Crippen molar-refractivity contribution in [1.82, 2.24) is 4.90 Å². The molecule has 4 heteroatoms. The molecule has 2 fully saturated rings. The monoisotopic (exact) mass is 313 g/mol. The van der Waals surface area contributed by atoms with E-state index in [0.29, 0.717) is 0 Å². The van der Waals surface area contributed by atoms with E-state index in [4.69, 9.17) is 9.31 Å². The highest BCUT2D eigenvalue weighted by atomic mass is 16.6. The zero-order chi connectivity index (χ0) is 16.3. The first kappa shape index (κ1) is 16.8. The molecule has 0 bridgehead atoms. The highest BCUT2D eigenvalue weighted by Gasteiger charge is 2.35. The largest absolute Gasteiger partial charge is 0.486 e. The molecule has 2 heterocycles. The quantitative estimate of drug-likeness (QED) is 0.786. The zero-order valence-corrected chi connectivity index (χ0v) is 14.6. The fourth-order valence-corrected chi connectivity index (χ4v) is 3.57. The molecule has 2 aliphatic heterocycles. The van der Waals surface area contributed by atoms with E-state index in [2.05, 4.69) is 56.0 Å². The fraction of sp³-hybridized carbons (Fsp3) is 0.579. The molecule has 0 N–H and O–H groups in total. The second-order valence-corrected chi connectivity index (χ2v) is 7.48. The van der Waals surface area contributed by atoms with E-state index in [-0.39, 0.29) is 18.8 Å². The van der Waals surface area contributed by atoms with Crippen LogP contribution in [0.5, 0.6) is 0 Å². The van der Waals surface area contributed by atoms with Gasteiger partial charge in [-0.2, -0.15) is 0 Å². The van der Waals surface area contributed by atoms with E-state index in [9.17, 15) is 0 Å². The molecule has 124 valence electrons. The molecule has 2 saturated heterocycles. The minimum Gasteiger partial charge on any atom is -0.405 e. The molecule has 2 aliphatic rings. The lowest BCUT2D eigenvalue weighted by Gasteiger charge is -2.37. The van der Waals surface area contributed by atoms with Crippen LogP contribution in [-0.4, -0.2) is 36.8 Å². The second-order valence-electron chi connectivity index (χ2n) is 7.48. The van der Waals surface area contributed by atoms with Crippen LogP contribution in [0.25, 0.3) is 6.08 Å². The third-order valence-corrected chi connectivity index (χ3v) is 4.61. The number of likely N-dealkylation sites (tertiary alicyclic amines) is 1. The summed E-state index contributed by atoms with van der Waals surface area (Å²) in [5.41, 5.74) is 2.47. The van der Waals surface area contributed by atoms with Gasteiger partial charge in [-0.1, -0.05) is 36.3 Å². The van der Waals surface area contributed by atoms with Gasteiger partial charge in [-0.25, -0.2) is 0 Å². The van der Waals surface area contributed by atoms with Gasteiger partial charge in [-0.3, -0.25) is 4.90 Å². The van der Waals surface area contributed by atoms with Crippen LogP contribution >= 0.6 is 0 Å². The van der Waals surface area contributed by atoms with E-state index in [1.807, 2.05) is 5.98 Å². The average molecular weight is 313 g/mol. The van der Waals surface area contributed by atoms with E-state index in [1.165, 1.54) is 37.1 Å². The van der Waals surface area contributed by atoms with Gasteiger partial charge in [0.05, 0.1) is 5.60 Å². The first-order valence-electron chi connectivity index (χ1n) is 8.83. The van der Waals surface area contributed by atoms with Crippen molar-refractivity contribution in [2.24, 2.45) is 0 Å². The number of rotatable bonds is 4. The lowest BCUT2D eigenvalue weighted by atomic mass is 9.82. The lowest BCUT2D eigenvalue weighted by Crippen LogP contribution is -2.45. The number of nitrogens with zero attached hydrogens (tertiary/aromatic N) is 1. The summed E-state index contributed by atoms with van der Waals surface area (Å²) in [5, 5.41) is 0. The Morgan fingerprint density at radius 2 is 1.91 bits per heavy atom. The van der Waals surface area contributed by atoms with Crippen molar-refractivity contribution in [1.29, 1.82) is 0 Å². The van der Waals surface area contributed by atoms with Gasteiger partial charge < -0.3 is 9.31 Å². The third kappa shape index (κ3) is 4.94. The molecular weight excluding hydrogens is 285 g/mol. The average Bonchev–Trinajstić information content (AvgIpc) is 2.97. The van der Waals surface area contributed by atoms with Crippen molar-refractivity contribution in [2.75, 3.05) is 13.1 Å². The fourth-order valence-electron chi connectivity index (χ4n) is 3.57. The number of hydrogen-bond donors (Lipinski definition) is 0. The molecule has 0 saturated carbocycles. The minimum atomic E-state index is -0.252. The second kappa shape index (κ2) is 7.21. The van der Waals surface area contributed by atoms with Crippen LogP contribution in [0, 0.1) is 0 Å². The summed E-state index contributed by atoms with van der Waals surface area (Å²) >= 11 is 0. The maximum Gasteiger partial charge on any atom is 0.486 e. The van der Waals surface area contributed by atoms with Gasteiger partial charge >= 0.3 is 7.12 Å². The van der Waals surface area contributed by atoms with Crippen molar-refractivity contribution in [3.05, 3.63) is 41.4 Å². The summed E-state index contributed by atoms with van der Waals surface area (Å²) in [4.78, 5) is 2.53. The Morgan fingerprint density at radius 1 is 1.22 bits per heavy atom. The summed E-state index contributed by atoms with van der Waals surface area (Å²) in [6, 6.07) is 8.82. The van der Waals surface area contributed by atoms with Crippen LogP contribution in [0.1, 0.15) is 51.2 Å². The van der Waals surface area contributed by atoms with Crippen LogP contribution in [0.4, 0.5) is 0 Å². The summed E-state index contributed by atoms with van der Waals surface area (Å²) in [6.45, 7) is 9.92. The predicted molar refractivity (Wildman–Crippen MR) is 96.1 cm³/mol. The first-order valence-corrected chi connectivity index (χ1v) is 8.83. The molecule has 1 aromatic carbocycles. The Labute approximate surface area is 140 Å². The SMILES string of the molecule is CC1CC(C)(C)OB(C=Cc2ccc(CN3CCCC3)cc2)O1. The van der Waals surface area contributed by atoms with Gasteiger partial charge in [0.2, 0.25) is 0 Å². The Hall–Kier alpha value is -1.10. The van der Waals surface area contributed by atoms with Crippen molar-refractivity contribution in [3.63, 3.8) is 0 Å². The summed E-state index contributed by atoms with van der Waals surface area (Å²) < 4.78 is 11.8. The Bertz CT molecular complexity index is 535. The van der Waals surface area contributed by atoms with Crippen LogP contribution in [-0.2, 0) is 15.9 Å². The van der Waals surface area contributed by atoms with Crippen LogP contribution in [0.2, 0.25) is 0 Å². The zero-order valence-electron chi connectivity index (χ0n) is 14.6. The molecular formula is C19H28BNO2. The standard InChI is InChI=1S/C19H28BNO2/c1-16-14-19(2,3)23-20(22-16)11-10-17-6-8-18(9-7-17)15-21-12-4-5-13-21/h6-11,16H,4-5,12-15H2,1-3H3. The molecule has 1 unspecified atom stereocenters. The molecule has 23 heavy (non-hydrogen) atoms. The Balaban J connectivity index is 1.57. The van der Waals surface area contributed by atoms with Crippen molar-refractivity contribution in [2.45, 2.75) is 58.3 Å².